The molecular formula is C25H39F3N4O3. The van der Waals surface area contributed by atoms with E-state index in [0.717, 1.165) is 50.7 Å². The Hall–Kier alpha value is -2.23. The third kappa shape index (κ3) is 7.15. The first kappa shape index (κ1) is 27.4. The summed E-state index contributed by atoms with van der Waals surface area (Å²) in [4.78, 5) is 18.5. The molecule has 2 aliphatic rings. The fraction of sp³-hybridized carbons (Fsp3) is 0.760. The second-order valence-electron chi connectivity index (χ2n) is 10.7. The monoisotopic (exact) mass is 500 g/mol. The van der Waals surface area contributed by atoms with E-state index in [9.17, 15) is 18.0 Å². The van der Waals surface area contributed by atoms with Crippen molar-refractivity contribution in [1.29, 1.82) is 0 Å². The Kier molecular flexibility index (Phi) is 8.44. The van der Waals surface area contributed by atoms with Crippen LogP contribution in [0.2, 0.25) is 0 Å². The van der Waals surface area contributed by atoms with Gasteiger partial charge in [-0.15, -0.1) is 0 Å². The first-order valence-electron chi connectivity index (χ1n) is 12.4. The zero-order valence-corrected chi connectivity index (χ0v) is 21.4. The van der Waals surface area contributed by atoms with Crippen LogP contribution in [0.25, 0.3) is 0 Å². The Morgan fingerprint density at radius 3 is 2.29 bits per heavy atom. The van der Waals surface area contributed by atoms with Gasteiger partial charge in [0.1, 0.15) is 11.4 Å². The van der Waals surface area contributed by atoms with E-state index in [0.29, 0.717) is 11.7 Å². The lowest BCUT2D eigenvalue weighted by Crippen LogP contribution is -2.54. The smallest absolute Gasteiger partial charge is 0.417 e. The minimum atomic E-state index is -4.38. The molecule has 3 rings (SSSR count). The van der Waals surface area contributed by atoms with Crippen molar-refractivity contribution in [2.45, 2.75) is 89.6 Å². The number of alkyl carbamates (subject to hydrolysis) is 1. The molecule has 0 bridgehead atoms. The predicted molar refractivity (Wildman–Crippen MR) is 130 cm³/mol. The lowest BCUT2D eigenvalue weighted by Gasteiger charge is -2.42. The normalized spacial score (nSPS) is 23.0. The van der Waals surface area contributed by atoms with E-state index in [1.165, 1.54) is 0 Å². The van der Waals surface area contributed by atoms with Crippen LogP contribution in [0.4, 0.5) is 29.5 Å². The van der Waals surface area contributed by atoms with Gasteiger partial charge < -0.3 is 25.0 Å². The van der Waals surface area contributed by atoms with Gasteiger partial charge in [-0.05, 0) is 71.4 Å². The molecule has 0 aromatic carbocycles. The highest BCUT2D eigenvalue weighted by Crippen LogP contribution is 2.41. The SMILES string of the molecule is COC1(C(F)(F)F)CCN(c2ccc(NCC3CCC(NC(=O)OC(C)(C)C)CC3)c(C)n2)CC1. The molecule has 0 spiro atoms. The molecule has 35 heavy (non-hydrogen) atoms. The maximum atomic E-state index is 13.4. The Bertz CT molecular complexity index is 856. The van der Waals surface area contributed by atoms with Gasteiger partial charge in [0.25, 0.3) is 0 Å². The quantitative estimate of drug-likeness (QED) is 0.542. The number of nitrogens with zero attached hydrogens (tertiary/aromatic N) is 2. The number of rotatable bonds is 6. The summed E-state index contributed by atoms with van der Waals surface area (Å²) in [6.45, 7) is 8.76. The number of aryl methyl sites for hydroxylation is 1. The van der Waals surface area contributed by atoms with Crippen molar-refractivity contribution in [3.05, 3.63) is 17.8 Å². The van der Waals surface area contributed by atoms with Gasteiger partial charge in [0.15, 0.2) is 5.60 Å². The molecule has 1 aromatic heterocycles. The van der Waals surface area contributed by atoms with Crippen molar-refractivity contribution < 1.29 is 27.4 Å². The molecule has 0 atom stereocenters. The summed E-state index contributed by atoms with van der Waals surface area (Å²) >= 11 is 0. The van der Waals surface area contributed by atoms with Crippen LogP contribution in [0, 0.1) is 12.8 Å². The van der Waals surface area contributed by atoms with Crippen molar-refractivity contribution in [2.75, 3.05) is 37.0 Å². The second kappa shape index (κ2) is 10.8. The highest BCUT2D eigenvalue weighted by molar-refractivity contribution is 5.68. The van der Waals surface area contributed by atoms with Crippen molar-refractivity contribution >= 4 is 17.6 Å². The van der Waals surface area contributed by atoms with Crippen LogP contribution in [0.5, 0.6) is 0 Å². The van der Waals surface area contributed by atoms with Crippen molar-refractivity contribution in [3.63, 3.8) is 0 Å². The average Bonchev–Trinajstić information content (AvgIpc) is 2.77. The summed E-state index contributed by atoms with van der Waals surface area (Å²) in [5, 5.41) is 6.45. The van der Waals surface area contributed by atoms with Crippen LogP contribution in [0.3, 0.4) is 0 Å². The van der Waals surface area contributed by atoms with E-state index < -0.39 is 17.4 Å². The minimum absolute atomic E-state index is 0.112. The summed E-state index contributed by atoms with van der Waals surface area (Å²) in [5.74, 6) is 1.19. The van der Waals surface area contributed by atoms with Gasteiger partial charge in [-0.3, -0.25) is 0 Å². The van der Waals surface area contributed by atoms with Gasteiger partial charge in [-0.25, -0.2) is 9.78 Å². The minimum Gasteiger partial charge on any atom is -0.444 e. The number of alkyl halides is 3. The number of amides is 1. The first-order valence-corrected chi connectivity index (χ1v) is 12.4. The van der Waals surface area contributed by atoms with Crippen molar-refractivity contribution in [2.24, 2.45) is 5.92 Å². The molecule has 1 saturated heterocycles. The van der Waals surface area contributed by atoms with Gasteiger partial charge in [-0.2, -0.15) is 13.2 Å². The van der Waals surface area contributed by atoms with E-state index in [2.05, 4.69) is 15.6 Å². The number of carbonyl (C=O) groups is 1. The Balaban J connectivity index is 1.46. The van der Waals surface area contributed by atoms with Crippen LogP contribution in [-0.2, 0) is 9.47 Å². The molecule has 7 nitrogen and oxygen atoms in total. The summed E-state index contributed by atoms with van der Waals surface area (Å²) in [6, 6.07) is 3.96. The molecule has 1 saturated carbocycles. The summed E-state index contributed by atoms with van der Waals surface area (Å²) in [5.41, 5.74) is -0.817. The maximum Gasteiger partial charge on any atom is 0.417 e. The molecule has 10 heteroatoms. The van der Waals surface area contributed by atoms with Crippen LogP contribution in [0.1, 0.15) is 65.0 Å². The molecule has 1 aromatic rings. The van der Waals surface area contributed by atoms with E-state index in [1.54, 1.807) is 0 Å². The van der Waals surface area contributed by atoms with Gasteiger partial charge in [0, 0.05) is 45.6 Å². The molecule has 198 valence electrons. The molecule has 1 aliphatic carbocycles. The molecule has 1 aliphatic heterocycles. The van der Waals surface area contributed by atoms with E-state index >= 15 is 0 Å². The van der Waals surface area contributed by atoms with Gasteiger partial charge in [0.05, 0.1) is 11.4 Å². The third-order valence-electron chi connectivity index (χ3n) is 7.02. The first-order chi connectivity index (χ1) is 16.3. The number of pyridine rings is 1. The van der Waals surface area contributed by atoms with Crippen LogP contribution >= 0.6 is 0 Å². The number of methoxy groups -OCH3 is 1. The van der Waals surface area contributed by atoms with Gasteiger partial charge in [-0.1, -0.05) is 0 Å². The Morgan fingerprint density at radius 2 is 1.77 bits per heavy atom. The summed E-state index contributed by atoms with van der Waals surface area (Å²) in [7, 11) is 1.13. The number of piperidine rings is 1. The number of ether oxygens (including phenoxy) is 2. The second-order valence-corrected chi connectivity index (χ2v) is 10.7. The number of carbonyl (C=O) groups excluding carboxylic acids is 1. The van der Waals surface area contributed by atoms with E-state index in [4.69, 9.17) is 9.47 Å². The highest BCUT2D eigenvalue weighted by atomic mass is 19.4. The van der Waals surface area contributed by atoms with E-state index in [-0.39, 0.29) is 38.1 Å². The molecule has 2 N–H and O–H groups in total. The zero-order valence-electron chi connectivity index (χ0n) is 21.4. The molecule has 0 radical (unpaired) electrons. The van der Waals surface area contributed by atoms with Crippen molar-refractivity contribution in [1.82, 2.24) is 10.3 Å². The molecule has 0 unspecified atom stereocenters. The van der Waals surface area contributed by atoms with Crippen LogP contribution in [-0.4, -0.2) is 61.2 Å². The summed E-state index contributed by atoms with van der Waals surface area (Å²) in [6.07, 6.45) is -1.12. The number of aromatic nitrogens is 1. The van der Waals surface area contributed by atoms with Crippen LogP contribution in [0.15, 0.2) is 12.1 Å². The number of hydrogen-bond acceptors (Lipinski definition) is 6. The van der Waals surface area contributed by atoms with Gasteiger partial charge in [0.2, 0.25) is 0 Å². The zero-order chi connectivity index (χ0) is 25.9. The summed E-state index contributed by atoms with van der Waals surface area (Å²) < 4.78 is 50.5. The van der Waals surface area contributed by atoms with Crippen molar-refractivity contribution in [3.8, 4) is 0 Å². The van der Waals surface area contributed by atoms with Crippen LogP contribution < -0.4 is 15.5 Å². The molecule has 1 amide bonds. The lowest BCUT2D eigenvalue weighted by atomic mass is 9.86. The molecular weight excluding hydrogens is 461 g/mol. The number of hydrogen-bond donors (Lipinski definition) is 2. The largest absolute Gasteiger partial charge is 0.444 e. The fourth-order valence-electron chi connectivity index (χ4n) is 4.85. The predicted octanol–water partition coefficient (Wildman–Crippen LogP) is 5.43. The average molecular weight is 501 g/mol. The maximum absolute atomic E-state index is 13.4. The fourth-order valence-corrected chi connectivity index (χ4v) is 4.85. The molecule has 2 fully saturated rings. The Morgan fingerprint density at radius 1 is 1.14 bits per heavy atom. The van der Waals surface area contributed by atoms with E-state index in [1.807, 2.05) is 44.7 Å². The lowest BCUT2D eigenvalue weighted by molar-refractivity contribution is -0.276. The topological polar surface area (TPSA) is 75.7 Å². The van der Waals surface area contributed by atoms with Gasteiger partial charge >= 0.3 is 12.3 Å². The third-order valence-corrected chi connectivity index (χ3v) is 7.02. The number of nitrogens with one attached hydrogen (secondary N) is 2. The number of halogens is 3. The highest BCUT2D eigenvalue weighted by Gasteiger charge is 2.56. The number of anilines is 2. The Labute approximate surface area is 206 Å². The molecule has 2 heterocycles. The standard InChI is InChI=1S/C25H39F3N4O3/c1-17-20(29-16-18-6-8-19(9-7-18)31-22(33)35-23(2,3)4)10-11-21(30-17)32-14-12-24(34-5,13-15-32)25(26,27)28/h10-11,18-19,29H,6-9,12-16H2,1-5H3,(H,31,33).